The number of anilines is 1. The molecule has 2 aliphatic heterocycles. The first-order valence-corrected chi connectivity index (χ1v) is 7.76. The van der Waals surface area contributed by atoms with Crippen LogP contribution in [-0.4, -0.2) is 55.6 Å². The summed E-state index contributed by atoms with van der Waals surface area (Å²) in [6.07, 6.45) is 0. The summed E-state index contributed by atoms with van der Waals surface area (Å²) in [5.41, 5.74) is 2.38. The first-order chi connectivity index (χ1) is 10.6. The lowest BCUT2D eigenvalue weighted by Crippen LogP contribution is -2.52. The van der Waals surface area contributed by atoms with Crippen LogP contribution >= 0.6 is 12.4 Å². The summed E-state index contributed by atoms with van der Waals surface area (Å²) in [6.45, 7) is 7.61. The van der Waals surface area contributed by atoms with Gasteiger partial charge in [0.1, 0.15) is 0 Å². The van der Waals surface area contributed by atoms with Gasteiger partial charge < -0.3 is 15.5 Å². The van der Waals surface area contributed by atoms with Crippen molar-refractivity contribution in [1.82, 2.24) is 15.5 Å². The van der Waals surface area contributed by atoms with Crippen molar-refractivity contribution in [3.63, 3.8) is 0 Å². The minimum Gasteiger partial charge on any atom is -0.336 e. The second-order valence-electron chi connectivity index (χ2n) is 5.88. The van der Waals surface area contributed by atoms with E-state index in [0.717, 1.165) is 24.3 Å². The molecule has 1 aromatic rings. The highest BCUT2D eigenvalue weighted by Crippen LogP contribution is 2.26. The zero-order chi connectivity index (χ0) is 15.7. The molecule has 3 amide bonds. The molecule has 0 aliphatic carbocycles. The van der Waals surface area contributed by atoms with Gasteiger partial charge in [-0.1, -0.05) is 6.07 Å². The van der Waals surface area contributed by atoms with Crippen LogP contribution in [0.25, 0.3) is 0 Å². The number of carbonyl (C=O) groups excluding carboxylic acids is 2. The highest BCUT2D eigenvalue weighted by molar-refractivity contribution is 6.00. The Labute approximate surface area is 142 Å². The maximum Gasteiger partial charge on any atom is 0.322 e. The Morgan fingerprint density at radius 3 is 2.70 bits per heavy atom. The van der Waals surface area contributed by atoms with E-state index in [1.165, 1.54) is 0 Å². The standard InChI is InChI=1S/C16H22N4O2.ClH/c1-11-10-17-6-8-19(11)15(21)13-4-3-5-14(12(13)2)20-9-7-18-16(20)22;/h3-5,11,17H,6-10H2,1-2H3,(H,18,22);1H/t11-;/m1./s1. The smallest absolute Gasteiger partial charge is 0.322 e. The zero-order valence-corrected chi connectivity index (χ0v) is 14.3. The topological polar surface area (TPSA) is 64.7 Å². The van der Waals surface area contributed by atoms with Gasteiger partial charge in [-0.05, 0) is 31.5 Å². The lowest BCUT2D eigenvalue weighted by molar-refractivity contribution is 0.0655. The minimum absolute atomic E-state index is 0. The van der Waals surface area contributed by atoms with Gasteiger partial charge in [-0.2, -0.15) is 0 Å². The molecule has 7 heteroatoms. The molecular weight excluding hydrogens is 316 g/mol. The van der Waals surface area contributed by atoms with Crippen LogP contribution in [0.4, 0.5) is 10.5 Å². The Kier molecular flexibility index (Phi) is 5.49. The maximum absolute atomic E-state index is 12.9. The number of benzene rings is 1. The van der Waals surface area contributed by atoms with Crippen LogP contribution in [0.1, 0.15) is 22.8 Å². The molecule has 2 fully saturated rings. The van der Waals surface area contributed by atoms with Crippen molar-refractivity contribution in [2.45, 2.75) is 19.9 Å². The van der Waals surface area contributed by atoms with E-state index in [-0.39, 0.29) is 30.4 Å². The predicted molar refractivity (Wildman–Crippen MR) is 92.5 cm³/mol. The van der Waals surface area contributed by atoms with Gasteiger partial charge in [0, 0.05) is 50.0 Å². The molecule has 0 radical (unpaired) electrons. The van der Waals surface area contributed by atoms with Crippen molar-refractivity contribution in [1.29, 1.82) is 0 Å². The number of rotatable bonds is 2. The van der Waals surface area contributed by atoms with Gasteiger partial charge in [0.25, 0.3) is 5.91 Å². The SMILES string of the molecule is Cc1c(C(=O)N2CCNC[C@H]2C)cccc1N1CCNC1=O.Cl. The summed E-state index contributed by atoms with van der Waals surface area (Å²) >= 11 is 0. The molecule has 1 atom stereocenters. The molecule has 0 unspecified atom stereocenters. The molecule has 2 N–H and O–H groups in total. The van der Waals surface area contributed by atoms with Crippen LogP contribution in [-0.2, 0) is 0 Å². The summed E-state index contributed by atoms with van der Waals surface area (Å²) in [7, 11) is 0. The molecule has 126 valence electrons. The molecule has 0 aromatic heterocycles. The van der Waals surface area contributed by atoms with E-state index in [1.807, 2.05) is 30.0 Å². The van der Waals surface area contributed by atoms with Crippen molar-refractivity contribution in [2.24, 2.45) is 0 Å². The Bertz CT molecular complexity index is 608. The summed E-state index contributed by atoms with van der Waals surface area (Å²) < 4.78 is 0. The van der Waals surface area contributed by atoms with Crippen LogP contribution in [0.2, 0.25) is 0 Å². The van der Waals surface area contributed by atoms with E-state index in [0.29, 0.717) is 25.2 Å². The van der Waals surface area contributed by atoms with Gasteiger partial charge in [-0.3, -0.25) is 9.69 Å². The minimum atomic E-state index is -0.0942. The number of carbonyl (C=O) groups is 2. The van der Waals surface area contributed by atoms with E-state index in [4.69, 9.17) is 0 Å². The fourth-order valence-corrected chi connectivity index (χ4v) is 3.15. The van der Waals surface area contributed by atoms with Crippen LogP contribution in [0.15, 0.2) is 18.2 Å². The molecule has 2 aliphatic rings. The Balaban J connectivity index is 0.00000192. The number of amides is 3. The third-order valence-corrected chi connectivity index (χ3v) is 4.45. The van der Waals surface area contributed by atoms with E-state index >= 15 is 0 Å². The number of nitrogens with zero attached hydrogens (tertiary/aromatic N) is 2. The predicted octanol–water partition coefficient (Wildman–Crippen LogP) is 1.38. The fraction of sp³-hybridized carbons (Fsp3) is 0.500. The summed E-state index contributed by atoms with van der Waals surface area (Å²) in [6, 6.07) is 5.69. The number of urea groups is 1. The number of hydrogen-bond acceptors (Lipinski definition) is 3. The van der Waals surface area contributed by atoms with Gasteiger partial charge in [0.15, 0.2) is 0 Å². The second-order valence-corrected chi connectivity index (χ2v) is 5.88. The second kappa shape index (κ2) is 7.19. The Morgan fingerprint density at radius 1 is 1.26 bits per heavy atom. The Hall–Kier alpha value is -1.79. The summed E-state index contributed by atoms with van der Waals surface area (Å²) in [5.74, 6) is 0.0490. The van der Waals surface area contributed by atoms with E-state index < -0.39 is 0 Å². The molecule has 1 aromatic carbocycles. The lowest BCUT2D eigenvalue weighted by atomic mass is 10.0. The molecule has 0 bridgehead atoms. The van der Waals surface area contributed by atoms with E-state index in [1.54, 1.807) is 4.90 Å². The van der Waals surface area contributed by atoms with E-state index in [9.17, 15) is 9.59 Å². The molecule has 23 heavy (non-hydrogen) atoms. The maximum atomic E-state index is 12.9. The number of piperazine rings is 1. The fourth-order valence-electron chi connectivity index (χ4n) is 3.15. The molecule has 6 nitrogen and oxygen atoms in total. The van der Waals surface area contributed by atoms with Crippen molar-refractivity contribution >= 4 is 30.0 Å². The molecule has 0 saturated carbocycles. The first kappa shape index (κ1) is 17.6. The van der Waals surface area contributed by atoms with Crippen molar-refractivity contribution in [2.75, 3.05) is 37.6 Å². The third-order valence-electron chi connectivity index (χ3n) is 4.45. The first-order valence-electron chi connectivity index (χ1n) is 7.76. The van der Waals surface area contributed by atoms with Gasteiger partial charge in [0.05, 0.1) is 0 Å². The van der Waals surface area contributed by atoms with Crippen molar-refractivity contribution in [3.8, 4) is 0 Å². The number of nitrogens with one attached hydrogen (secondary N) is 2. The normalized spacial score (nSPS) is 21.0. The molecule has 2 heterocycles. The number of halogens is 1. The van der Waals surface area contributed by atoms with Crippen LogP contribution in [0, 0.1) is 6.92 Å². The lowest BCUT2D eigenvalue weighted by Gasteiger charge is -2.34. The van der Waals surface area contributed by atoms with Gasteiger partial charge >= 0.3 is 6.03 Å². The zero-order valence-electron chi connectivity index (χ0n) is 13.5. The number of hydrogen-bond donors (Lipinski definition) is 2. The highest BCUT2D eigenvalue weighted by atomic mass is 35.5. The van der Waals surface area contributed by atoms with Crippen molar-refractivity contribution in [3.05, 3.63) is 29.3 Å². The molecule has 3 rings (SSSR count). The average molecular weight is 339 g/mol. The quantitative estimate of drug-likeness (QED) is 0.856. The summed E-state index contributed by atoms with van der Waals surface area (Å²) in [5, 5.41) is 6.09. The summed E-state index contributed by atoms with van der Waals surface area (Å²) in [4.78, 5) is 28.3. The van der Waals surface area contributed by atoms with E-state index in [2.05, 4.69) is 17.6 Å². The van der Waals surface area contributed by atoms with Gasteiger partial charge in [0.2, 0.25) is 0 Å². The Morgan fingerprint density at radius 2 is 2.04 bits per heavy atom. The van der Waals surface area contributed by atoms with Crippen LogP contribution in [0.5, 0.6) is 0 Å². The largest absolute Gasteiger partial charge is 0.336 e. The monoisotopic (exact) mass is 338 g/mol. The van der Waals surface area contributed by atoms with Gasteiger partial charge in [-0.15, -0.1) is 12.4 Å². The van der Waals surface area contributed by atoms with Crippen molar-refractivity contribution < 1.29 is 9.59 Å². The average Bonchev–Trinajstić information content (AvgIpc) is 2.93. The van der Waals surface area contributed by atoms with Gasteiger partial charge in [-0.25, -0.2) is 4.79 Å². The van der Waals surface area contributed by atoms with Crippen LogP contribution in [0.3, 0.4) is 0 Å². The molecular formula is C16H23ClN4O2. The molecule has 2 saturated heterocycles. The van der Waals surface area contributed by atoms with Crippen LogP contribution < -0.4 is 15.5 Å². The highest BCUT2D eigenvalue weighted by Gasteiger charge is 2.28. The third kappa shape index (κ3) is 3.28. The molecule has 0 spiro atoms.